The molecule has 1 unspecified atom stereocenters. The van der Waals surface area contributed by atoms with Crippen molar-refractivity contribution in [2.24, 2.45) is 0 Å². The lowest BCUT2D eigenvalue weighted by molar-refractivity contribution is -0.166. The predicted octanol–water partition coefficient (Wildman–Crippen LogP) is 1.31. The average molecular weight is 153 g/mol. The lowest BCUT2D eigenvalue weighted by Crippen LogP contribution is -1.93. The molecule has 8 heavy (non-hydrogen) atoms. The van der Waals surface area contributed by atoms with E-state index in [1.165, 1.54) is 6.66 Å². The summed E-state index contributed by atoms with van der Waals surface area (Å²) in [6.07, 6.45) is 0.921. The van der Waals surface area contributed by atoms with Gasteiger partial charge in [-0.25, -0.2) is 0 Å². The molecule has 0 heterocycles. The molecule has 0 aromatic rings. The van der Waals surface area contributed by atoms with E-state index in [2.05, 4.69) is 0 Å². The SMILES string of the molecule is CCCSP(C)(=O)[O-]. The molecular formula is C4H10O2PS-. The van der Waals surface area contributed by atoms with Crippen molar-refractivity contribution >= 4 is 18.0 Å². The third-order valence-electron chi connectivity index (χ3n) is 0.530. The Bertz CT molecular complexity index is 98.2. The molecule has 0 aromatic heterocycles. The summed E-state index contributed by atoms with van der Waals surface area (Å²) in [5.41, 5.74) is 0. The minimum atomic E-state index is -3.02. The minimum Gasteiger partial charge on any atom is -0.792 e. The number of rotatable bonds is 3. The Kier molecular flexibility index (Phi) is 3.78. The van der Waals surface area contributed by atoms with Gasteiger partial charge in [-0.2, -0.15) is 0 Å². The van der Waals surface area contributed by atoms with Gasteiger partial charge in [0.15, 0.2) is 0 Å². The highest BCUT2D eigenvalue weighted by molar-refractivity contribution is 8.55. The quantitative estimate of drug-likeness (QED) is 0.574. The second-order valence-corrected chi connectivity index (χ2v) is 6.58. The summed E-state index contributed by atoms with van der Waals surface area (Å²) >= 11 is 1.03. The van der Waals surface area contributed by atoms with E-state index in [-0.39, 0.29) is 0 Å². The van der Waals surface area contributed by atoms with Crippen molar-refractivity contribution in [1.29, 1.82) is 0 Å². The molecule has 1 atom stereocenters. The third-order valence-corrected chi connectivity index (χ3v) is 3.54. The van der Waals surface area contributed by atoms with Crippen LogP contribution in [0.1, 0.15) is 13.3 Å². The van der Waals surface area contributed by atoms with Gasteiger partial charge >= 0.3 is 0 Å². The van der Waals surface area contributed by atoms with Gasteiger partial charge in [-0.1, -0.05) is 6.92 Å². The van der Waals surface area contributed by atoms with Gasteiger partial charge in [0.2, 0.25) is 0 Å². The van der Waals surface area contributed by atoms with E-state index < -0.39 is 6.57 Å². The fourth-order valence-corrected chi connectivity index (χ4v) is 2.31. The lowest BCUT2D eigenvalue weighted by Gasteiger charge is -2.14. The van der Waals surface area contributed by atoms with Gasteiger partial charge in [0.25, 0.3) is 0 Å². The van der Waals surface area contributed by atoms with Crippen molar-refractivity contribution in [2.45, 2.75) is 13.3 Å². The highest BCUT2D eigenvalue weighted by Gasteiger charge is 1.95. The molecule has 0 radical (unpaired) electrons. The van der Waals surface area contributed by atoms with Crippen molar-refractivity contribution in [3.05, 3.63) is 0 Å². The minimum absolute atomic E-state index is 0.720. The van der Waals surface area contributed by atoms with Crippen molar-refractivity contribution in [3.63, 3.8) is 0 Å². The maximum atomic E-state index is 10.4. The Morgan fingerprint density at radius 2 is 2.25 bits per heavy atom. The maximum Gasteiger partial charge on any atom is 0.0652 e. The summed E-state index contributed by atoms with van der Waals surface area (Å²) in [7, 11) is 0. The highest BCUT2D eigenvalue weighted by atomic mass is 32.7. The van der Waals surface area contributed by atoms with Gasteiger partial charge in [-0.3, -0.25) is 0 Å². The number of hydrogen-bond acceptors (Lipinski definition) is 3. The van der Waals surface area contributed by atoms with Crippen LogP contribution in [0.15, 0.2) is 0 Å². The summed E-state index contributed by atoms with van der Waals surface area (Å²) in [6, 6.07) is 0. The number of hydrogen-bond donors (Lipinski definition) is 0. The van der Waals surface area contributed by atoms with Crippen LogP contribution in [0.3, 0.4) is 0 Å². The molecule has 0 aliphatic heterocycles. The van der Waals surface area contributed by atoms with Crippen LogP contribution in [-0.4, -0.2) is 12.4 Å². The molecule has 0 saturated carbocycles. The topological polar surface area (TPSA) is 40.1 Å². The van der Waals surface area contributed by atoms with Gasteiger partial charge in [-0.15, -0.1) is 11.4 Å². The van der Waals surface area contributed by atoms with Gasteiger partial charge in [0.1, 0.15) is 0 Å². The first-order valence-electron chi connectivity index (χ1n) is 2.49. The summed E-state index contributed by atoms with van der Waals surface area (Å²) in [5, 5.41) is 0. The highest BCUT2D eigenvalue weighted by Crippen LogP contribution is 2.46. The van der Waals surface area contributed by atoms with Crippen LogP contribution >= 0.6 is 18.0 Å². The first kappa shape index (κ1) is 8.54. The van der Waals surface area contributed by atoms with Crippen LogP contribution in [0.2, 0.25) is 0 Å². The van der Waals surface area contributed by atoms with E-state index >= 15 is 0 Å². The second-order valence-electron chi connectivity index (χ2n) is 1.60. The van der Waals surface area contributed by atoms with E-state index in [0.717, 1.165) is 23.6 Å². The van der Waals surface area contributed by atoms with E-state index in [1.54, 1.807) is 0 Å². The standard InChI is InChI=1S/C4H11O2PS/c1-3-4-8-7(2,5)6/h3-4H2,1-2H3,(H,5,6)/p-1. The Balaban J connectivity index is 3.26. The molecule has 0 saturated heterocycles. The van der Waals surface area contributed by atoms with Crippen LogP contribution in [0.4, 0.5) is 0 Å². The Labute approximate surface area is 53.9 Å². The zero-order valence-corrected chi connectivity index (χ0v) is 6.80. The smallest absolute Gasteiger partial charge is 0.0652 e. The zero-order valence-electron chi connectivity index (χ0n) is 5.09. The van der Waals surface area contributed by atoms with E-state index in [1.807, 2.05) is 6.92 Å². The van der Waals surface area contributed by atoms with Crippen LogP contribution in [0.5, 0.6) is 0 Å². The molecule has 0 aromatic carbocycles. The predicted molar refractivity (Wildman–Crippen MR) is 36.3 cm³/mol. The summed E-state index contributed by atoms with van der Waals surface area (Å²) in [4.78, 5) is 10.4. The molecule has 0 aliphatic carbocycles. The van der Waals surface area contributed by atoms with Gasteiger partial charge < -0.3 is 9.46 Å². The van der Waals surface area contributed by atoms with Crippen LogP contribution < -0.4 is 4.89 Å². The van der Waals surface area contributed by atoms with Crippen LogP contribution in [-0.2, 0) is 4.57 Å². The molecule has 2 nitrogen and oxygen atoms in total. The summed E-state index contributed by atoms with van der Waals surface area (Å²) < 4.78 is 10.4. The van der Waals surface area contributed by atoms with Crippen molar-refractivity contribution in [1.82, 2.24) is 0 Å². The molecule has 0 spiro atoms. The molecular weight excluding hydrogens is 143 g/mol. The van der Waals surface area contributed by atoms with Crippen LogP contribution in [0.25, 0.3) is 0 Å². The van der Waals surface area contributed by atoms with Crippen molar-refractivity contribution in [3.8, 4) is 0 Å². The molecule has 0 amide bonds. The maximum absolute atomic E-state index is 10.4. The zero-order chi connectivity index (χ0) is 6.62. The van der Waals surface area contributed by atoms with E-state index in [4.69, 9.17) is 0 Å². The molecule has 0 fully saturated rings. The Morgan fingerprint density at radius 3 is 2.38 bits per heavy atom. The Morgan fingerprint density at radius 1 is 1.75 bits per heavy atom. The van der Waals surface area contributed by atoms with Gasteiger partial charge in [0.05, 0.1) is 6.57 Å². The summed E-state index contributed by atoms with van der Waals surface area (Å²) in [5.74, 6) is 0.720. The summed E-state index contributed by atoms with van der Waals surface area (Å²) in [6.45, 7) is 0.203. The Hall–Kier alpha value is 0.540. The lowest BCUT2D eigenvalue weighted by atomic mass is 10.6. The van der Waals surface area contributed by atoms with Gasteiger partial charge in [-0.05, 0) is 18.8 Å². The normalized spacial score (nSPS) is 17.9. The average Bonchev–Trinajstić information content (AvgIpc) is 1.59. The fraction of sp³-hybridized carbons (Fsp3) is 1.00. The first-order chi connectivity index (χ1) is 3.56. The molecule has 0 aliphatic rings. The largest absolute Gasteiger partial charge is 0.792 e. The monoisotopic (exact) mass is 153 g/mol. The third kappa shape index (κ3) is 6.54. The van der Waals surface area contributed by atoms with E-state index in [9.17, 15) is 9.46 Å². The molecule has 50 valence electrons. The molecule has 0 bridgehead atoms. The van der Waals surface area contributed by atoms with Crippen LogP contribution in [0, 0.1) is 0 Å². The van der Waals surface area contributed by atoms with Gasteiger partial charge in [0, 0.05) is 0 Å². The molecule has 4 heteroatoms. The second kappa shape index (κ2) is 3.54. The molecule has 0 N–H and O–H groups in total. The van der Waals surface area contributed by atoms with Crippen molar-refractivity contribution < 1.29 is 9.46 Å². The van der Waals surface area contributed by atoms with E-state index in [0.29, 0.717) is 0 Å². The van der Waals surface area contributed by atoms with Crippen molar-refractivity contribution in [2.75, 3.05) is 12.4 Å². The fourth-order valence-electron chi connectivity index (χ4n) is 0.257. The molecule has 0 rings (SSSR count). The first-order valence-corrected chi connectivity index (χ1v) is 6.15.